The van der Waals surface area contributed by atoms with Crippen LogP contribution in [-0.2, 0) is 39.7 Å². The van der Waals surface area contributed by atoms with Crippen LogP contribution in [0.2, 0.25) is 0 Å². The van der Waals surface area contributed by atoms with Crippen molar-refractivity contribution in [1.82, 2.24) is 0 Å². The van der Waals surface area contributed by atoms with Crippen molar-refractivity contribution in [3.63, 3.8) is 0 Å². The van der Waals surface area contributed by atoms with E-state index in [9.17, 15) is 9.59 Å². The molecule has 0 radical (unpaired) electrons. The molecule has 3 saturated heterocycles. The van der Waals surface area contributed by atoms with Crippen LogP contribution in [0.15, 0.2) is 35.4 Å². The van der Waals surface area contributed by atoms with Gasteiger partial charge in [-0.05, 0) is 67.1 Å². The van der Waals surface area contributed by atoms with Gasteiger partial charge in [0.15, 0.2) is 11.7 Å². The summed E-state index contributed by atoms with van der Waals surface area (Å²) in [4.78, 5) is 26.3. The van der Waals surface area contributed by atoms with E-state index in [0.717, 1.165) is 36.0 Å². The molecule has 4 aliphatic heterocycles. The molecule has 8 rings (SSSR count). The second-order valence-corrected chi connectivity index (χ2v) is 14.4. The lowest BCUT2D eigenvalue weighted by Crippen LogP contribution is -2.70. The maximum atomic E-state index is 13.9. The van der Waals surface area contributed by atoms with Crippen molar-refractivity contribution in [3.05, 3.63) is 46.5 Å². The first-order valence-electron chi connectivity index (χ1n) is 15.2. The lowest BCUT2D eigenvalue weighted by molar-refractivity contribution is -0.170. The minimum Gasteiger partial charge on any atom is -0.458 e. The zero-order valence-corrected chi connectivity index (χ0v) is 24.3. The Kier molecular flexibility index (Phi) is 4.96. The third-order valence-electron chi connectivity index (χ3n) is 11.8. The van der Waals surface area contributed by atoms with Crippen molar-refractivity contribution in [2.45, 2.75) is 114 Å². The van der Waals surface area contributed by atoms with Gasteiger partial charge in [0.25, 0.3) is 0 Å². The van der Waals surface area contributed by atoms with Crippen LogP contribution in [0.3, 0.4) is 0 Å². The molecule has 7 nitrogen and oxygen atoms in total. The van der Waals surface area contributed by atoms with Gasteiger partial charge in [-0.15, -0.1) is 0 Å². The van der Waals surface area contributed by atoms with Gasteiger partial charge in [0.05, 0.1) is 12.0 Å². The van der Waals surface area contributed by atoms with E-state index in [1.54, 1.807) is 0 Å². The first-order chi connectivity index (χ1) is 19.0. The Hall–Kier alpha value is -2.22. The molecule has 214 valence electrons. The fourth-order valence-corrected chi connectivity index (χ4v) is 9.61. The van der Waals surface area contributed by atoms with Crippen LogP contribution in [0, 0.1) is 23.2 Å². The SMILES string of the molecule is CC(C)Cc1ccc(C(C)C(=O)OC2C3(C(C)C)OC3C3OC34C3(C)CCC5=C(COC5=O)C3CC3OC324)cc1. The Balaban J connectivity index is 1.13. The summed E-state index contributed by atoms with van der Waals surface area (Å²) in [7, 11) is 0. The molecule has 1 aromatic rings. The minimum atomic E-state index is -0.724. The van der Waals surface area contributed by atoms with Gasteiger partial charge in [-0.25, -0.2) is 4.79 Å². The minimum absolute atomic E-state index is 0.0891. The van der Waals surface area contributed by atoms with E-state index >= 15 is 0 Å². The topological polar surface area (TPSA) is 90.2 Å². The van der Waals surface area contributed by atoms with E-state index in [4.69, 9.17) is 23.7 Å². The highest BCUT2D eigenvalue weighted by Gasteiger charge is 3.01. The van der Waals surface area contributed by atoms with E-state index < -0.39 is 28.8 Å². The third-order valence-corrected chi connectivity index (χ3v) is 11.8. The van der Waals surface area contributed by atoms with Crippen molar-refractivity contribution < 1.29 is 33.3 Å². The van der Waals surface area contributed by atoms with Crippen molar-refractivity contribution in [2.75, 3.05) is 6.61 Å². The summed E-state index contributed by atoms with van der Waals surface area (Å²) in [6, 6.07) is 8.36. The van der Waals surface area contributed by atoms with Gasteiger partial charge in [0.1, 0.15) is 30.0 Å². The number of carbonyl (C=O) groups is 2. The van der Waals surface area contributed by atoms with Crippen LogP contribution in [0.1, 0.15) is 77.8 Å². The molecule has 5 fully saturated rings. The summed E-state index contributed by atoms with van der Waals surface area (Å²) in [5.41, 5.74) is 2.04. The quantitative estimate of drug-likeness (QED) is 0.377. The highest BCUT2D eigenvalue weighted by Crippen LogP contribution is 2.83. The number of epoxide rings is 3. The number of ether oxygens (including phenoxy) is 5. The summed E-state index contributed by atoms with van der Waals surface area (Å²) < 4.78 is 32.2. The van der Waals surface area contributed by atoms with Crippen LogP contribution in [0.5, 0.6) is 0 Å². The van der Waals surface area contributed by atoms with Gasteiger partial charge < -0.3 is 23.7 Å². The molecule has 10 atom stereocenters. The number of carbonyl (C=O) groups excluding carboxylic acids is 2. The van der Waals surface area contributed by atoms with E-state index in [0.29, 0.717) is 18.9 Å². The van der Waals surface area contributed by atoms with Gasteiger partial charge in [0, 0.05) is 11.0 Å². The van der Waals surface area contributed by atoms with Crippen LogP contribution >= 0.6 is 0 Å². The fraction of sp³-hybridized carbons (Fsp3) is 0.697. The molecule has 3 aliphatic carbocycles. The molecule has 10 unspecified atom stereocenters. The number of fused-ring (bicyclic) bond motifs is 4. The zero-order chi connectivity index (χ0) is 28.0. The van der Waals surface area contributed by atoms with Crippen LogP contribution in [0.4, 0.5) is 0 Å². The van der Waals surface area contributed by atoms with E-state index in [2.05, 4.69) is 58.9 Å². The fourth-order valence-electron chi connectivity index (χ4n) is 9.61. The first kappa shape index (κ1) is 25.5. The maximum Gasteiger partial charge on any atom is 0.334 e. The van der Waals surface area contributed by atoms with Gasteiger partial charge in [-0.2, -0.15) is 0 Å². The molecule has 1 aromatic carbocycles. The molecule has 0 N–H and O–H groups in total. The highest BCUT2D eigenvalue weighted by atomic mass is 16.8. The average molecular weight is 549 g/mol. The number of esters is 2. The van der Waals surface area contributed by atoms with Gasteiger partial charge in [-0.1, -0.05) is 58.9 Å². The molecular formula is C33H40O7. The number of rotatable bonds is 6. The van der Waals surface area contributed by atoms with Crippen LogP contribution < -0.4 is 0 Å². The van der Waals surface area contributed by atoms with Gasteiger partial charge in [-0.3, -0.25) is 4.79 Å². The number of benzene rings is 1. The van der Waals surface area contributed by atoms with Crippen molar-refractivity contribution in [1.29, 1.82) is 0 Å². The second kappa shape index (κ2) is 7.78. The van der Waals surface area contributed by atoms with E-state index in [-0.39, 0.29) is 47.5 Å². The molecule has 7 aliphatic rings. The Labute approximate surface area is 235 Å². The normalized spacial score (nSPS) is 45.9. The first-order valence-corrected chi connectivity index (χ1v) is 15.2. The molecule has 2 saturated carbocycles. The number of hydrogen-bond acceptors (Lipinski definition) is 7. The molecule has 0 bridgehead atoms. The lowest BCUT2D eigenvalue weighted by atomic mass is 9.46. The third kappa shape index (κ3) is 2.82. The summed E-state index contributed by atoms with van der Waals surface area (Å²) in [6.45, 7) is 13.3. The summed E-state index contributed by atoms with van der Waals surface area (Å²) >= 11 is 0. The standard InChI is InChI=1S/C33H40O7/c1-16(2)13-19-7-9-20(10-8-19)18(5)27(34)37-29-31(17(3)4)25(39-31)26-33(40-26)30(6)12-11-21-22(15-36-28(21)35)23(30)14-24-32(29,33)38-24/h7-10,16-18,23-26,29H,11-15H2,1-6H3. The Morgan fingerprint density at radius 2 is 1.80 bits per heavy atom. The van der Waals surface area contributed by atoms with Gasteiger partial charge in [0.2, 0.25) is 0 Å². The Morgan fingerprint density at radius 1 is 1.05 bits per heavy atom. The second-order valence-electron chi connectivity index (χ2n) is 14.4. The summed E-state index contributed by atoms with van der Waals surface area (Å²) in [5, 5.41) is 0. The Bertz CT molecular complexity index is 1350. The summed E-state index contributed by atoms with van der Waals surface area (Å²) in [6.07, 6.45) is 2.44. The average Bonchev–Trinajstić information content (AvgIpc) is 3.82. The number of cyclic esters (lactones) is 1. The molecule has 0 amide bonds. The Morgan fingerprint density at radius 3 is 2.50 bits per heavy atom. The largest absolute Gasteiger partial charge is 0.458 e. The predicted molar refractivity (Wildman–Crippen MR) is 144 cm³/mol. The van der Waals surface area contributed by atoms with Crippen LogP contribution in [-0.4, -0.2) is 59.8 Å². The zero-order valence-electron chi connectivity index (χ0n) is 24.3. The van der Waals surface area contributed by atoms with E-state index in [1.165, 1.54) is 5.56 Å². The lowest BCUT2D eigenvalue weighted by Gasteiger charge is -2.53. The van der Waals surface area contributed by atoms with Crippen molar-refractivity contribution in [2.24, 2.45) is 23.2 Å². The maximum absolute atomic E-state index is 13.9. The highest BCUT2D eigenvalue weighted by molar-refractivity contribution is 5.92. The molecule has 0 aromatic heterocycles. The monoisotopic (exact) mass is 548 g/mol. The molecule has 40 heavy (non-hydrogen) atoms. The summed E-state index contributed by atoms with van der Waals surface area (Å²) in [5.74, 6) is 0.0443. The number of hydrogen-bond donors (Lipinski definition) is 0. The van der Waals surface area contributed by atoms with Crippen LogP contribution in [0.25, 0.3) is 0 Å². The van der Waals surface area contributed by atoms with Gasteiger partial charge >= 0.3 is 11.9 Å². The molecule has 2 spiro atoms. The van der Waals surface area contributed by atoms with E-state index in [1.807, 2.05) is 6.92 Å². The smallest absolute Gasteiger partial charge is 0.334 e. The molecule has 7 heteroatoms. The predicted octanol–water partition coefficient (Wildman–Crippen LogP) is 4.66. The van der Waals surface area contributed by atoms with Crippen molar-refractivity contribution >= 4 is 11.9 Å². The molecule has 4 heterocycles. The van der Waals surface area contributed by atoms with Crippen molar-refractivity contribution in [3.8, 4) is 0 Å². The molecular weight excluding hydrogens is 508 g/mol.